The van der Waals surface area contributed by atoms with Crippen molar-refractivity contribution in [3.05, 3.63) is 23.8 Å². The number of guanidine groups is 1. The van der Waals surface area contributed by atoms with Crippen LogP contribution in [-0.2, 0) is 6.54 Å². The number of ether oxygens (including phenoxy) is 2. The third-order valence-corrected chi connectivity index (χ3v) is 4.11. The van der Waals surface area contributed by atoms with E-state index in [1.54, 1.807) is 25.1 Å². The summed E-state index contributed by atoms with van der Waals surface area (Å²) in [6.45, 7) is 4.92. The van der Waals surface area contributed by atoms with Gasteiger partial charge < -0.3 is 25.2 Å². The molecule has 0 radical (unpaired) electrons. The Morgan fingerprint density at radius 1 is 1.17 bits per heavy atom. The third kappa shape index (κ3) is 10.8. The summed E-state index contributed by atoms with van der Waals surface area (Å²) < 4.78 is 35.8. The monoisotopic (exact) mass is 529 g/mol. The van der Waals surface area contributed by atoms with Crippen LogP contribution in [0.15, 0.2) is 23.2 Å². The lowest BCUT2D eigenvalue weighted by atomic mass is 10.0. The zero-order valence-electron chi connectivity index (χ0n) is 17.4. The van der Waals surface area contributed by atoms with E-state index in [9.17, 15) is 13.9 Å². The Kier molecular flexibility index (Phi) is 15.7. The Morgan fingerprint density at radius 2 is 1.93 bits per heavy atom. The first-order chi connectivity index (χ1) is 13.5. The molecule has 0 aromatic heterocycles. The van der Waals surface area contributed by atoms with Crippen molar-refractivity contribution < 1.29 is 23.4 Å². The van der Waals surface area contributed by atoms with Gasteiger partial charge in [-0.3, -0.25) is 0 Å². The molecule has 168 valence electrons. The van der Waals surface area contributed by atoms with Gasteiger partial charge in [0.05, 0.1) is 13.2 Å². The number of nitrogens with zero attached hydrogens (tertiary/aromatic N) is 1. The highest BCUT2D eigenvalue weighted by atomic mass is 127. The van der Waals surface area contributed by atoms with Crippen molar-refractivity contribution in [1.29, 1.82) is 0 Å². The number of aliphatic hydroxyl groups excluding tert-OH is 1. The normalized spacial score (nSPS) is 12.3. The van der Waals surface area contributed by atoms with Crippen LogP contribution in [0.5, 0.6) is 11.5 Å². The van der Waals surface area contributed by atoms with Crippen molar-refractivity contribution in [3.8, 4) is 11.5 Å². The zero-order valence-corrected chi connectivity index (χ0v) is 19.7. The largest absolute Gasteiger partial charge is 0.490 e. The van der Waals surface area contributed by atoms with Crippen LogP contribution in [0.3, 0.4) is 0 Å². The van der Waals surface area contributed by atoms with Gasteiger partial charge in [-0.2, -0.15) is 8.78 Å². The Bertz CT molecular complexity index is 586. The average molecular weight is 529 g/mol. The van der Waals surface area contributed by atoms with E-state index in [0.717, 1.165) is 19.3 Å². The maximum Gasteiger partial charge on any atom is 0.387 e. The Hall–Kier alpha value is -1.36. The summed E-state index contributed by atoms with van der Waals surface area (Å²) in [5.74, 6) is 1.23. The number of aliphatic imine (C=N–C) groups is 1. The Morgan fingerprint density at radius 3 is 2.52 bits per heavy atom. The van der Waals surface area contributed by atoms with Crippen LogP contribution < -0.4 is 20.1 Å². The third-order valence-electron chi connectivity index (χ3n) is 4.11. The van der Waals surface area contributed by atoms with Crippen molar-refractivity contribution in [2.45, 2.75) is 53.2 Å². The highest BCUT2D eigenvalue weighted by Gasteiger charge is 2.16. The number of nitrogens with one attached hydrogen (secondary N) is 2. The van der Waals surface area contributed by atoms with Crippen molar-refractivity contribution in [2.75, 3.05) is 26.3 Å². The first-order valence-corrected chi connectivity index (χ1v) is 9.88. The van der Waals surface area contributed by atoms with E-state index in [1.165, 1.54) is 0 Å². The molecule has 1 unspecified atom stereocenters. The fraction of sp³-hybridized carbons (Fsp3) is 0.650. The lowest BCUT2D eigenvalue weighted by Gasteiger charge is -2.18. The number of para-hydroxylation sites is 1. The number of hydrogen-bond donors (Lipinski definition) is 3. The van der Waals surface area contributed by atoms with Gasteiger partial charge in [-0.25, -0.2) is 4.99 Å². The SMILES string of the molecule is CCCC(CCO)CNC(=NCc1cccc(OCC)c1OC(F)F)NCC.I. The van der Waals surface area contributed by atoms with Crippen LogP contribution in [-0.4, -0.2) is 44.0 Å². The fourth-order valence-electron chi connectivity index (χ4n) is 2.86. The van der Waals surface area contributed by atoms with Gasteiger partial charge >= 0.3 is 6.61 Å². The maximum absolute atomic E-state index is 12.8. The summed E-state index contributed by atoms with van der Waals surface area (Å²) >= 11 is 0. The first kappa shape index (κ1) is 27.6. The molecule has 29 heavy (non-hydrogen) atoms. The van der Waals surface area contributed by atoms with Crippen LogP contribution in [0.25, 0.3) is 0 Å². The van der Waals surface area contributed by atoms with E-state index >= 15 is 0 Å². The van der Waals surface area contributed by atoms with Gasteiger partial charge in [0.1, 0.15) is 0 Å². The molecule has 9 heteroatoms. The van der Waals surface area contributed by atoms with Crippen LogP contribution in [0.2, 0.25) is 0 Å². The number of hydrogen-bond acceptors (Lipinski definition) is 4. The predicted octanol–water partition coefficient (Wildman–Crippen LogP) is 4.16. The van der Waals surface area contributed by atoms with Crippen molar-refractivity contribution in [1.82, 2.24) is 10.6 Å². The van der Waals surface area contributed by atoms with Gasteiger partial charge in [0.25, 0.3) is 0 Å². The Balaban J connectivity index is 0.00000784. The van der Waals surface area contributed by atoms with Crippen molar-refractivity contribution in [2.24, 2.45) is 10.9 Å². The van der Waals surface area contributed by atoms with E-state index in [1.807, 2.05) is 6.92 Å². The molecular weight excluding hydrogens is 495 g/mol. The second-order valence-corrected chi connectivity index (χ2v) is 6.30. The summed E-state index contributed by atoms with van der Waals surface area (Å²) in [5.41, 5.74) is 0.518. The lowest BCUT2D eigenvalue weighted by molar-refractivity contribution is -0.0520. The van der Waals surface area contributed by atoms with E-state index in [2.05, 4.69) is 27.3 Å². The summed E-state index contributed by atoms with van der Waals surface area (Å²) in [6.07, 6.45) is 2.78. The molecule has 0 saturated carbocycles. The molecule has 0 saturated heterocycles. The van der Waals surface area contributed by atoms with Crippen molar-refractivity contribution in [3.63, 3.8) is 0 Å². The van der Waals surface area contributed by atoms with E-state index in [-0.39, 0.29) is 48.6 Å². The maximum atomic E-state index is 12.8. The molecule has 0 heterocycles. The summed E-state index contributed by atoms with van der Waals surface area (Å²) in [7, 11) is 0. The molecule has 0 aliphatic rings. The molecule has 0 amide bonds. The molecule has 1 atom stereocenters. The van der Waals surface area contributed by atoms with Gasteiger partial charge in [0, 0.05) is 25.3 Å². The number of halogens is 3. The summed E-state index contributed by atoms with van der Waals surface area (Å²) in [6, 6.07) is 5.02. The van der Waals surface area contributed by atoms with Crippen LogP contribution in [0.1, 0.15) is 45.6 Å². The quantitative estimate of drug-likeness (QED) is 0.203. The number of rotatable bonds is 13. The van der Waals surface area contributed by atoms with Gasteiger partial charge in [-0.1, -0.05) is 25.5 Å². The fourth-order valence-corrected chi connectivity index (χ4v) is 2.86. The van der Waals surface area contributed by atoms with Crippen molar-refractivity contribution >= 4 is 29.9 Å². The highest BCUT2D eigenvalue weighted by molar-refractivity contribution is 14.0. The summed E-state index contributed by atoms with van der Waals surface area (Å²) in [4.78, 5) is 4.50. The van der Waals surface area contributed by atoms with Crippen LogP contribution >= 0.6 is 24.0 Å². The lowest BCUT2D eigenvalue weighted by Crippen LogP contribution is -2.40. The number of alkyl halides is 2. The van der Waals surface area contributed by atoms with Gasteiger partial charge in [0.15, 0.2) is 17.5 Å². The minimum absolute atomic E-state index is 0. The molecule has 0 bridgehead atoms. The van der Waals surface area contributed by atoms with E-state index in [0.29, 0.717) is 37.1 Å². The number of aliphatic hydroxyl groups is 1. The molecule has 1 aromatic carbocycles. The molecular formula is C20H34F2IN3O3. The minimum atomic E-state index is -2.94. The molecule has 1 aromatic rings. The molecule has 0 fully saturated rings. The average Bonchev–Trinajstić information content (AvgIpc) is 2.66. The standard InChI is InChI=1S/C20H33F2N3O3.HI/c1-4-8-15(11-12-26)13-24-20(23-5-2)25-14-16-9-7-10-17(27-6-3)18(16)28-19(21)22;/h7,9-10,15,19,26H,4-6,8,11-14H2,1-3H3,(H2,23,24,25);1H. The van der Waals surface area contributed by atoms with Crippen LogP contribution in [0, 0.1) is 5.92 Å². The van der Waals surface area contributed by atoms with Gasteiger partial charge in [0.2, 0.25) is 0 Å². The second-order valence-electron chi connectivity index (χ2n) is 6.30. The topological polar surface area (TPSA) is 75.1 Å². The molecule has 0 aliphatic carbocycles. The molecule has 1 rings (SSSR count). The van der Waals surface area contributed by atoms with Crippen LogP contribution in [0.4, 0.5) is 8.78 Å². The molecule has 0 aliphatic heterocycles. The first-order valence-electron chi connectivity index (χ1n) is 9.88. The number of benzene rings is 1. The minimum Gasteiger partial charge on any atom is -0.490 e. The second kappa shape index (κ2) is 16.4. The predicted molar refractivity (Wildman–Crippen MR) is 123 cm³/mol. The Labute approximate surface area is 189 Å². The zero-order chi connectivity index (χ0) is 20.8. The van der Waals surface area contributed by atoms with E-state index < -0.39 is 6.61 Å². The van der Waals surface area contributed by atoms with E-state index in [4.69, 9.17) is 4.74 Å². The summed E-state index contributed by atoms with van der Waals surface area (Å²) in [5, 5.41) is 15.6. The van der Waals surface area contributed by atoms with Gasteiger partial charge in [-0.15, -0.1) is 24.0 Å². The van der Waals surface area contributed by atoms with Gasteiger partial charge in [-0.05, 0) is 38.7 Å². The smallest absolute Gasteiger partial charge is 0.387 e. The molecule has 3 N–H and O–H groups in total. The molecule has 0 spiro atoms. The highest BCUT2D eigenvalue weighted by Crippen LogP contribution is 2.33. The molecule has 6 nitrogen and oxygen atoms in total.